The highest BCUT2D eigenvalue weighted by Gasteiger charge is 2.20. The summed E-state index contributed by atoms with van der Waals surface area (Å²) < 4.78 is 0. The fourth-order valence-electron chi connectivity index (χ4n) is 2.15. The summed E-state index contributed by atoms with van der Waals surface area (Å²) in [6.45, 7) is 7.80. The number of nitrogens with zero attached hydrogens (tertiary/aromatic N) is 6. The average Bonchev–Trinajstić information content (AvgIpc) is 2.86. The zero-order valence-corrected chi connectivity index (χ0v) is 11.9. The lowest BCUT2D eigenvalue weighted by atomic mass is 10.3. The molecule has 0 atom stereocenters. The van der Waals surface area contributed by atoms with Gasteiger partial charge in [-0.1, -0.05) is 11.3 Å². The average molecular weight is 276 g/mol. The van der Waals surface area contributed by atoms with Crippen LogP contribution in [-0.2, 0) is 0 Å². The lowest BCUT2D eigenvalue weighted by Gasteiger charge is -2.34. The number of hydrogen-bond donors (Lipinski definition) is 0. The van der Waals surface area contributed by atoms with Crippen molar-refractivity contribution in [1.82, 2.24) is 20.2 Å². The van der Waals surface area contributed by atoms with Crippen LogP contribution in [0.1, 0.15) is 10.7 Å². The van der Waals surface area contributed by atoms with Crippen LogP contribution < -0.4 is 9.80 Å². The van der Waals surface area contributed by atoms with Gasteiger partial charge < -0.3 is 9.80 Å². The Bertz CT molecular complexity index is 561. The van der Waals surface area contributed by atoms with E-state index in [4.69, 9.17) is 0 Å². The molecule has 1 fully saturated rings. The summed E-state index contributed by atoms with van der Waals surface area (Å²) in [6.07, 6.45) is 1.63. The van der Waals surface area contributed by atoms with Crippen molar-refractivity contribution in [3.8, 4) is 0 Å². The lowest BCUT2D eigenvalue weighted by Crippen LogP contribution is -2.46. The Morgan fingerprint density at radius 1 is 1.00 bits per heavy atom. The van der Waals surface area contributed by atoms with Crippen LogP contribution in [-0.4, -0.2) is 46.3 Å². The molecule has 2 aromatic rings. The van der Waals surface area contributed by atoms with E-state index in [-0.39, 0.29) is 0 Å². The molecule has 7 heteroatoms. The molecule has 1 aliphatic rings. The summed E-state index contributed by atoms with van der Waals surface area (Å²) in [6, 6.07) is 2.03. The molecule has 19 heavy (non-hydrogen) atoms. The number of aryl methyl sites for hydroxylation is 2. The highest BCUT2D eigenvalue weighted by Crippen LogP contribution is 2.22. The van der Waals surface area contributed by atoms with E-state index in [0.717, 1.165) is 47.8 Å². The predicted molar refractivity (Wildman–Crippen MR) is 75.8 cm³/mol. The van der Waals surface area contributed by atoms with Gasteiger partial charge in [0.05, 0.1) is 0 Å². The molecule has 0 spiro atoms. The minimum absolute atomic E-state index is 0.953. The van der Waals surface area contributed by atoms with Gasteiger partial charge in [-0.15, -0.1) is 10.2 Å². The Kier molecular flexibility index (Phi) is 3.29. The number of anilines is 2. The summed E-state index contributed by atoms with van der Waals surface area (Å²) in [5.74, 6) is 1.01. The maximum Gasteiger partial charge on any atom is 0.208 e. The standard InChI is InChI=1S/C12H16N6S/c1-9-7-11(14-8-13-9)17-3-5-18(6-4-17)12-16-15-10(2)19-12/h7-8H,3-6H2,1-2H3. The number of rotatable bonds is 2. The van der Waals surface area contributed by atoms with Crippen LogP contribution in [0, 0.1) is 13.8 Å². The van der Waals surface area contributed by atoms with Gasteiger partial charge >= 0.3 is 0 Å². The van der Waals surface area contributed by atoms with Crippen molar-refractivity contribution in [1.29, 1.82) is 0 Å². The molecular formula is C12H16N6S. The number of aromatic nitrogens is 4. The van der Waals surface area contributed by atoms with Gasteiger partial charge in [-0.2, -0.15) is 0 Å². The largest absolute Gasteiger partial charge is 0.353 e. The maximum atomic E-state index is 4.34. The van der Waals surface area contributed by atoms with Gasteiger partial charge in [0, 0.05) is 37.9 Å². The zero-order valence-electron chi connectivity index (χ0n) is 11.1. The molecule has 0 bridgehead atoms. The molecular weight excluding hydrogens is 260 g/mol. The van der Waals surface area contributed by atoms with Gasteiger partial charge in [0.1, 0.15) is 17.2 Å². The Balaban J connectivity index is 1.66. The van der Waals surface area contributed by atoms with E-state index in [1.165, 1.54) is 0 Å². The van der Waals surface area contributed by atoms with E-state index in [1.54, 1.807) is 17.7 Å². The minimum Gasteiger partial charge on any atom is -0.353 e. The molecule has 6 nitrogen and oxygen atoms in total. The predicted octanol–water partition coefficient (Wildman–Crippen LogP) is 1.27. The topological polar surface area (TPSA) is 58.0 Å². The first kappa shape index (κ1) is 12.3. The molecule has 0 unspecified atom stereocenters. The van der Waals surface area contributed by atoms with Crippen LogP contribution in [0.5, 0.6) is 0 Å². The smallest absolute Gasteiger partial charge is 0.208 e. The van der Waals surface area contributed by atoms with Crippen molar-refractivity contribution in [2.45, 2.75) is 13.8 Å². The Hall–Kier alpha value is -1.76. The van der Waals surface area contributed by atoms with Crippen molar-refractivity contribution in [3.63, 3.8) is 0 Å². The van der Waals surface area contributed by atoms with Gasteiger partial charge in [0.15, 0.2) is 0 Å². The van der Waals surface area contributed by atoms with Crippen molar-refractivity contribution in [3.05, 3.63) is 23.1 Å². The fourth-order valence-corrected chi connectivity index (χ4v) is 2.89. The van der Waals surface area contributed by atoms with E-state index in [9.17, 15) is 0 Å². The summed E-state index contributed by atoms with van der Waals surface area (Å²) in [4.78, 5) is 13.0. The number of hydrogen-bond acceptors (Lipinski definition) is 7. The first-order chi connectivity index (χ1) is 9.22. The third-order valence-electron chi connectivity index (χ3n) is 3.18. The molecule has 2 aromatic heterocycles. The van der Waals surface area contributed by atoms with Crippen LogP contribution in [0.15, 0.2) is 12.4 Å². The van der Waals surface area contributed by atoms with Crippen molar-refractivity contribution < 1.29 is 0 Å². The van der Waals surface area contributed by atoms with Crippen molar-refractivity contribution in [2.75, 3.05) is 36.0 Å². The Morgan fingerprint density at radius 2 is 1.74 bits per heavy atom. The van der Waals surface area contributed by atoms with Crippen LogP contribution in [0.4, 0.5) is 10.9 Å². The third-order valence-corrected chi connectivity index (χ3v) is 4.08. The molecule has 0 saturated carbocycles. The van der Waals surface area contributed by atoms with E-state index >= 15 is 0 Å². The van der Waals surface area contributed by atoms with Gasteiger partial charge in [-0.3, -0.25) is 0 Å². The first-order valence-electron chi connectivity index (χ1n) is 6.31. The van der Waals surface area contributed by atoms with Crippen LogP contribution in [0.25, 0.3) is 0 Å². The monoisotopic (exact) mass is 276 g/mol. The van der Waals surface area contributed by atoms with E-state index in [1.807, 2.05) is 19.9 Å². The van der Waals surface area contributed by atoms with E-state index < -0.39 is 0 Å². The summed E-state index contributed by atoms with van der Waals surface area (Å²) in [7, 11) is 0. The van der Waals surface area contributed by atoms with Crippen LogP contribution in [0.2, 0.25) is 0 Å². The summed E-state index contributed by atoms with van der Waals surface area (Å²) in [5.41, 5.74) is 1.01. The van der Waals surface area contributed by atoms with Gasteiger partial charge in [-0.05, 0) is 13.8 Å². The van der Waals surface area contributed by atoms with Gasteiger partial charge in [-0.25, -0.2) is 9.97 Å². The highest BCUT2D eigenvalue weighted by molar-refractivity contribution is 7.15. The maximum absolute atomic E-state index is 4.34. The van der Waals surface area contributed by atoms with Crippen molar-refractivity contribution >= 4 is 22.3 Å². The van der Waals surface area contributed by atoms with E-state index in [0.29, 0.717) is 0 Å². The Labute approximate surface area is 116 Å². The second kappa shape index (κ2) is 5.08. The van der Waals surface area contributed by atoms with Gasteiger partial charge in [0.2, 0.25) is 5.13 Å². The molecule has 0 aromatic carbocycles. The summed E-state index contributed by atoms with van der Waals surface area (Å²) in [5, 5.41) is 10.3. The molecule has 0 N–H and O–H groups in total. The molecule has 1 saturated heterocycles. The SMILES string of the molecule is Cc1cc(N2CCN(c3nnc(C)s3)CC2)ncn1. The molecule has 1 aliphatic heterocycles. The lowest BCUT2D eigenvalue weighted by molar-refractivity contribution is 0.642. The zero-order chi connectivity index (χ0) is 13.2. The normalized spacial score (nSPS) is 15.9. The van der Waals surface area contributed by atoms with Gasteiger partial charge in [0.25, 0.3) is 0 Å². The quantitative estimate of drug-likeness (QED) is 0.823. The minimum atomic E-state index is 0.953. The molecule has 3 heterocycles. The first-order valence-corrected chi connectivity index (χ1v) is 7.13. The molecule has 0 aliphatic carbocycles. The second-order valence-electron chi connectivity index (χ2n) is 4.60. The second-order valence-corrected chi connectivity index (χ2v) is 5.76. The molecule has 0 amide bonds. The molecule has 100 valence electrons. The van der Waals surface area contributed by atoms with Crippen molar-refractivity contribution in [2.24, 2.45) is 0 Å². The molecule has 3 rings (SSSR count). The fraction of sp³-hybridized carbons (Fsp3) is 0.500. The Morgan fingerprint density at radius 3 is 2.37 bits per heavy atom. The van der Waals surface area contributed by atoms with Crippen LogP contribution in [0.3, 0.4) is 0 Å². The number of piperazine rings is 1. The third kappa shape index (κ3) is 2.65. The highest BCUT2D eigenvalue weighted by atomic mass is 32.1. The van der Waals surface area contributed by atoms with Crippen LogP contribution >= 0.6 is 11.3 Å². The van der Waals surface area contributed by atoms with E-state index in [2.05, 4.69) is 30.0 Å². The summed E-state index contributed by atoms with van der Waals surface area (Å²) >= 11 is 1.65. The molecule has 0 radical (unpaired) electrons.